The number of anilines is 1. The van der Waals surface area contributed by atoms with Gasteiger partial charge in [-0.05, 0) is 49.7 Å². The number of carbonyl (C=O) groups is 3. The van der Waals surface area contributed by atoms with Crippen LogP contribution in [0.1, 0.15) is 21.5 Å². The van der Waals surface area contributed by atoms with Crippen molar-refractivity contribution in [2.45, 2.75) is 18.7 Å². The molecule has 2 N–H and O–H groups in total. The monoisotopic (exact) mass is 433 g/mol. The number of nitrogens with zero attached hydrogens (tertiary/aromatic N) is 1. The average Bonchev–Trinajstić information content (AvgIpc) is 2.68. The van der Waals surface area contributed by atoms with E-state index >= 15 is 0 Å². The second-order valence-electron chi connectivity index (χ2n) is 6.71. The van der Waals surface area contributed by atoms with Gasteiger partial charge in [0.25, 0.3) is 5.91 Å². The lowest BCUT2D eigenvalue weighted by Crippen LogP contribution is -2.37. The Morgan fingerprint density at radius 1 is 1.00 bits per heavy atom. The standard InChI is InChI=1S/C20H23N3O6S/c1-13-5-10-17(14(2)11-13)21-20(26)22-18(24)12-29-19(25)15-6-8-16(9-7-15)30(27,28)23(3)4/h5-11H,12H2,1-4H3,(H2,21,22,24,26). The van der Waals surface area contributed by atoms with E-state index < -0.39 is 34.5 Å². The maximum atomic E-state index is 12.0. The third kappa shape index (κ3) is 5.88. The van der Waals surface area contributed by atoms with Crippen LogP contribution in [-0.2, 0) is 19.6 Å². The van der Waals surface area contributed by atoms with Crippen LogP contribution in [0.15, 0.2) is 47.4 Å². The molecule has 0 unspecified atom stereocenters. The topological polar surface area (TPSA) is 122 Å². The molecule has 160 valence electrons. The number of carbonyl (C=O) groups excluding carboxylic acids is 3. The number of imide groups is 1. The molecule has 0 aliphatic rings. The minimum atomic E-state index is -3.62. The van der Waals surface area contributed by atoms with E-state index in [9.17, 15) is 22.8 Å². The zero-order valence-corrected chi connectivity index (χ0v) is 17.9. The van der Waals surface area contributed by atoms with E-state index in [0.717, 1.165) is 15.4 Å². The zero-order valence-electron chi connectivity index (χ0n) is 17.1. The lowest BCUT2D eigenvalue weighted by atomic mass is 10.1. The van der Waals surface area contributed by atoms with E-state index in [-0.39, 0.29) is 10.5 Å². The highest BCUT2D eigenvalue weighted by molar-refractivity contribution is 7.89. The van der Waals surface area contributed by atoms with E-state index in [4.69, 9.17) is 4.74 Å². The van der Waals surface area contributed by atoms with Crippen molar-refractivity contribution < 1.29 is 27.5 Å². The summed E-state index contributed by atoms with van der Waals surface area (Å²) in [6.07, 6.45) is 0. The van der Waals surface area contributed by atoms with Gasteiger partial charge in [-0.15, -0.1) is 0 Å². The largest absolute Gasteiger partial charge is 0.452 e. The average molecular weight is 433 g/mol. The number of ether oxygens (including phenoxy) is 1. The van der Waals surface area contributed by atoms with Crippen molar-refractivity contribution in [2.75, 3.05) is 26.0 Å². The van der Waals surface area contributed by atoms with Crippen molar-refractivity contribution in [1.82, 2.24) is 9.62 Å². The molecule has 0 bridgehead atoms. The van der Waals surface area contributed by atoms with E-state index in [1.54, 1.807) is 6.07 Å². The number of amides is 3. The summed E-state index contributed by atoms with van der Waals surface area (Å²) in [6.45, 7) is 3.07. The Balaban J connectivity index is 1.88. The van der Waals surface area contributed by atoms with Crippen molar-refractivity contribution >= 4 is 33.6 Å². The summed E-state index contributed by atoms with van der Waals surface area (Å²) in [4.78, 5) is 35.8. The Hall–Kier alpha value is -3.24. The first kappa shape index (κ1) is 23.0. The summed E-state index contributed by atoms with van der Waals surface area (Å²) in [5.74, 6) is -1.63. The van der Waals surface area contributed by atoms with E-state index in [0.29, 0.717) is 5.69 Å². The number of hydrogen-bond acceptors (Lipinski definition) is 6. The summed E-state index contributed by atoms with van der Waals surface area (Å²) in [6, 6.07) is 9.77. The molecule has 0 saturated heterocycles. The van der Waals surface area contributed by atoms with Gasteiger partial charge >= 0.3 is 12.0 Å². The second-order valence-corrected chi connectivity index (χ2v) is 8.86. The summed E-state index contributed by atoms with van der Waals surface area (Å²) >= 11 is 0. The van der Waals surface area contributed by atoms with Crippen molar-refractivity contribution in [2.24, 2.45) is 0 Å². The first-order valence-corrected chi connectivity index (χ1v) is 10.3. The van der Waals surface area contributed by atoms with Crippen LogP contribution in [-0.4, -0.2) is 51.3 Å². The number of nitrogens with one attached hydrogen (secondary N) is 2. The van der Waals surface area contributed by atoms with Gasteiger partial charge in [0.15, 0.2) is 6.61 Å². The molecule has 0 atom stereocenters. The van der Waals surface area contributed by atoms with Gasteiger partial charge in [0, 0.05) is 19.8 Å². The number of benzene rings is 2. The van der Waals surface area contributed by atoms with E-state index in [2.05, 4.69) is 10.6 Å². The molecule has 0 aliphatic heterocycles. The van der Waals surface area contributed by atoms with Crippen molar-refractivity contribution in [3.8, 4) is 0 Å². The molecule has 10 heteroatoms. The highest BCUT2D eigenvalue weighted by Crippen LogP contribution is 2.16. The molecule has 0 radical (unpaired) electrons. The molecule has 0 spiro atoms. The van der Waals surface area contributed by atoms with Crippen LogP contribution in [0, 0.1) is 13.8 Å². The maximum absolute atomic E-state index is 12.0. The molecule has 2 rings (SSSR count). The molecule has 0 fully saturated rings. The first-order chi connectivity index (χ1) is 14.0. The highest BCUT2D eigenvalue weighted by Gasteiger charge is 2.18. The summed E-state index contributed by atoms with van der Waals surface area (Å²) < 4.78 is 29.9. The quantitative estimate of drug-likeness (QED) is 0.673. The number of esters is 1. The second kappa shape index (κ2) is 9.51. The van der Waals surface area contributed by atoms with E-state index in [1.807, 2.05) is 26.0 Å². The van der Waals surface area contributed by atoms with Crippen molar-refractivity contribution in [3.63, 3.8) is 0 Å². The number of sulfonamides is 1. The molecule has 9 nitrogen and oxygen atoms in total. The molecule has 2 aromatic carbocycles. The molecule has 2 aromatic rings. The number of hydrogen-bond donors (Lipinski definition) is 2. The highest BCUT2D eigenvalue weighted by atomic mass is 32.2. The van der Waals surface area contributed by atoms with Crippen molar-refractivity contribution in [3.05, 3.63) is 59.2 Å². The lowest BCUT2D eigenvalue weighted by molar-refractivity contribution is -0.123. The Kier molecular flexibility index (Phi) is 7.30. The predicted molar refractivity (Wildman–Crippen MR) is 111 cm³/mol. The van der Waals surface area contributed by atoms with Gasteiger partial charge in [0.05, 0.1) is 10.5 Å². The maximum Gasteiger partial charge on any atom is 0.338 e. The number of urea groups is 1. The van der Waals surface area contributed by atoms with Gasteiger partial charge in [-0.3, -0.25) is 10.1 Å². The van der Waals surface area contributed by atoms with Crippen LogP contribution in [0.5, 0.6) is 0 Å². The van der Waals surface area contributed by atoms with Gasteiger partial charge in [0.1, 0.15) is 0 Å². The predicted octanol–water partition coefficient (Wildman–Crippen LogP) is 2.06. The molecule has 0 aliphatic carbocycles. The Morgan fingerprint density at radius 3 is 2.20 bits per heavy atom. The summed E-state index contributed by atoms with van der Waals surface area (Å²) in [7, 11) is -0.827. The van der Waals surface area contributed by atoms with Gasteiger partial charge in [0.2, 0.25) is 10.0 Å². The van der Waals surface area contributed by atoms with Crippen LogP contribution in [0.2, 0.25) is 0 Å². The Labute approximate surface area is 175 Å². The fourth-order valence-corrected chi connectivity index (χ4v) is 3.36. The normalized spacial score (nSPS) is 11.1. The molecular formula is C20H23N3O6S. The smallest absolute Gasteiger partial charge is 0.338 e. The number of aryl methyl sites for hydroxylation is 2. The SMILES string of the molecule is Cc1ccc(NC(=O)NC(=O)COC(=O)c2ccc(S(=O)(=O)N(C)C)cc2)c(C)c1. The third-order valence-electron chi connectivity index (χ3n) is 4.09. The van der Waals surface area contributed by atoms with Gasteiger partial charge in [-0.1, -0.05) is 17.7 Å². The molecule has 0 saturated carbocycles. The van der Waals surface area contributed by atoms with E-state index in [1.165, 1.54) is 38.4 Å². The molecule has 0 aromatic heterocycles. The van der Waals surface area contributed by atoms with Gasteiger partial charge in [-0.25, -0.2) is 22.3 Å². The van der Waals surface area contributed by atoms with Gasteiger partial charge in [-0.2, -0.15) is 0 Å². The Bertz CT molecular complexity index is 1060. The van der Waals surface area contributed by atoms with Crippen molar-refractivity contribution in [1.29, 1.82) is 0 Å². The summed E-state index contributed by atoms with van der Waals surface area (Å²) in [5, 5.41) is 4.61. The van der Waals surface area contributed by atoms with Crippen LogP contribution >= 0.6 is 0 Å². The fraction of sp³-hybridized carbons (Fsp3) is 0.250. The lowest BCUT2D eigenvalue weighted by Gasteiger charge is -2.11. The minimum Gasteiger partial charge on any atom is -0.452 e. The summed E-state index contributed by atoms with van der Waals surface area (Å²) in [5.41, 5.74) is 2.49. The van der Waals surface area contributed by atoms with Crippen LogP contribution in [0.4, 0.5) is 10.5 Å². The minimum absolute atomic E-state index is 0.0184. The molecular weight excluding hydrogens is 410 g/mol. The molecule has 3 amide bonds. The van der Waals surface area contributed by atoms with Gasteiger partial charge < -0.3 is 10.1 Å². The third-order valence-corrected chi connectivity index (χ3v) is 5.92. The number of rotatable bonds is 6. The molecule has 0 heterocycles. The van der Waals surface area contributed by atoms with Crippen LogP contribution in [0.25, 0.3) is 0 Å². The zero-order chi connectivity index (χ0) is 22.5. The molecule has 30 heavy (non-hydrogen) atoms. The first-order valence-electron chi connectivity index (χ1n) is 8.88. The Morgan fingerprint density at radius 2 is 1.63 bits per heavy atom. The van der Waals surface area contributed by atoms with Crippen LogP contribution in [0.3, 0.4) is 0 Å². The van der Waals surface area contributed by atoms with Crippen LogP contribution < -0.4 is 10.6 Å². The fourth-order valence-electron chi connectivity index (χ4n) is 2.46.